The van der Waals surface area contributed by atoms with Crippen LogP contribution in [0, 0.1) is 24.8 Å². The van der Waals surface area contributed by atoms with Crippen molar-refractivity contribution in [2.45, 2.75) is 26.1 Å². The molecule has 0 amide bonds. The summed E-state index contributed by atoms with van der Waals surface area (Å²) in [6.07, 6.45) is 1.22. The number of imidazole rings is 1. The Morgan fingerprint density at radius 2 is 1.63 bits per heavy atom. The number of aryl methyl sites for hydroxylation is 1. The zero-order chi connectivity index (χ0) is 23.1. The fraction of sp³-hybridized carbons (Fsp3) is 0.182. The summed E-state index contributed by atoms with van der Waals surface area (Å²) in [7, 11) is 0. The molecular weight excluding hydrogens is 567 g/mol. The van der Waals surface area contributed by atoms with Gasteiger partial charge in [0.25, 0.3) is 0 Å². The third-order valence-electron chi connectivity index (χ3n) is 4.55. The van der Waals surface area contributed by atoms with Gasteiger partial charge in [-0.05, 0) is 50.4 Å². The second-order valence-corrected chi connectivity index (χ2v) is 6.91. The molecule has 0 aromatic carbocycles. The quantitative estimate of drug-likeness (QED) is 0.264. The average Bonchev–Trinajstić information content (AvgIpc) is 3.25. The maximum absolute atomic E-state index is 14.1. The second kappa shape index (κ2) is 8.52. The van der Waals surface area contributed by atoms with Crippen LogP contribution < -0.4 is 4.98 Å². The molecule has 0 saturated carbocycles. The van der Waals surface area contributed by atoms with Crippen LogP contribution in [0.4, 0.5) is 8.78 Å². The van der Waals surface area contributed by atoms with Gasteiger partial charge in [-0.15, -0.1) is 6.07 Å². The predicted octanol–water partition coefficient (Wildman–Crippen LogP) is 4.27. The van der Waals surface area contributed by atoms with Crippen molar-refractivity contribution in [3.63, 3.8) is 0 Å². The van der Waals surface area contributed by atoms with Gasteiger partial charge in [-0.2, -0.15) is 0 Å². The minimum absolute atomic E-state index is 0. The topological polar surface area (TPSA) is 65.7 Å². The van der Waals surface area contributed by atoms with Gasteiger partial charge in [-0.1, -0.05) is 41.7 Å². The van der Waals surface area contributed by atoms with Crippen LogP contribution >= 0.6 is 0 Å². The van der Waals surface area contributed by atoms with Crippen molar-refractivity contribution in [2.24, 2.45) is 0 Å². The smallest absolute Gasteiger partial charge is 0.441 e. The fourth-order valence-corrected chi connectivity index (χ4v) is 2.93. The monoisotopic (exact) mass is 587 g/mol. The van der Waals surface area contributed by atoms with E-state index in [0.717, 1.165) is 6.07 Å². The van der Waals surface area contributed by atoms with E-state index in [-0.39, 0.29) is 43.8 Å². The number of aromatic nitrogens is 5. The van der Waals surface area contributed by atoms with Gasteiger partial charge in [0.1, 0.15) is 11.9 Å². The summed E-state index contributed by atoms with van der Waals surface area (Å²) in [6.45, 7) is 1.44. The molecular formula is C22H17F2N5Pt. The summed E-state index contributed by atoms with van der Waals surface area (Å²) < 4.78 is 49.7. The van der Waals surface area contributed by atoms with Crippen molar-refractivity contribution in [1.82, 2.24) is 24.9 Å². The van der Waals surface area contributed by atoms with E-state index in [1.807, 2.05) is 13.8 Å². The predicted molar refractivity (Wildman–Crippen MR) is 104 cm³/mol. The first-order chi connectivity index (χ1) is 15.1. The van der Waals surface area contributed by atoms with Crippen LogP contribution in [0.5, 0.6) is 0 Å². The normalized spacial score (nSPS) is 13.1. The van der Waals surface area contributed by atoms with E-state index < -0.39 is 24.2 Å². The van der Waals surface area contributed by atoms with Crippen LogP contribution in [0.3, 0.4) is 0 Å². The second-order valence-electron chi connectivity index (χ2n) is 6.91. The molecule has 5 nitrogen and oxygen atoms in total. The molecule has 0 bridgehead atoms. The minimum atomic E-state index is -2.35. The Morgan fingerprint density at radius 1 is 0.967 bits per heavy atom. The SMILES string of the molecule is [2H]C([2H])([2H])c1c[n-]c(-c2cccc(C(C)(C)c3cccc(-c4[c-]cc(F)nc4F)n3)n2)n1.[Pt+2]. The Bertz CT molecular complexity index is 1290. The van der Waals surface area contributed by atoms with Crippen LogP contribution in [0.25, 0.3) is 22.8 Å². The molecule has 4 aromatic heterocycles. The first kappa shape index (κ1) is 18.0. The molecule has 0 aliphatic heterocycles. The van der Waals surface area contributed by atoms with Gasteiger partial charge in [-0.25, -0.2) is 8.78 Å². The molecule has 0 atom stereocenters. The van der Waals surface area contributed by atoms with Gasteiger partial charge < -0.3 is 15.0 Å². The first-order valence-corrected chi connectivity index (χ1v) is 8.75. The molecule has 0 aliphatic rings. The Morgan fingerprint density at radius 3 is 2.27 bits per heavy atom. The number of hydrogen-bond donors (Lipinski definition) is 0. The van der Waals surface area contributed by atoms with E-state index in [1.54, 1.807) is 36.4 Å². The number of pyridine rings is 3. The average molecular weight is 588 g/mol. The maximum Gasteiger partial charge on any atom is 2.00 e. The van der Waals surface area contributed by atoms with Gasteiger partial charge in [0.15, 0.2) is 0 Å². The molecule has 4 aromatic rings. The molecule has 0 unspecified atom stereocenters. The molecule has 154 valence electrons. The van der Waals surface area contributed by atoms with E-state index >= 15 is 0 Å². The van der Waals surface area contributed by atoms with Crippen molar-refractivity contribution in [1.29, 1.82) is 0 Å². The standard InChI is InChI=1S/C22H17F2N5.Pt/c1-13-12-25-21(26-13)16-7-5-9-18(28-16)22(2,3)17-8-4-6-15(27-17)14-10-11-19(23)29-20(14)24;/h4-9,11-12H,1-3H3;/q-2;+2/i1D3;. The number of rotatable bonds is 4. The van der Waals surface area contributed by atoms with E-state index in [4.69, 9.17) is 4.11 Å². The van der Waals surface area contributed by atoms with Gasteiger partial charge in [0.2, 0.25) is 0 Å². The van der Waals surface area contributed by atoms with E-state index in [9.17, 15) is 8.78 Å². The molecule has 0 aliphatic carbocycles. The molecule has 0 saturated heterocycles. The molecule has 0 spiro atoms. The summed E-state index contributed by atoms with van der Waals surface area (Å²) >= 11 is 0. The molecule has 30 heavy (non-hydrogen) atoms. The van der Waals surface area contributed by atoms with Crippen molar-refractivity contribution in [2.75, 3.05) is 0 Å². The van der Waals surface area contributed by atoms with Crippen LogP contribution in [-0.2, 0) is 26.5 Å². The van der Waals surface area contributed by atoms with E-state index in [1.165, 1.54) is 6.20 Å². The third kappa shape index (κ3) is 4.21. The molecule has 0 radical (unpaired) electrons. The summed E-state index contributed by atoms with van der Waals surface area (Å²) in [5, 5.41) is 0. The molecule has 4 heterocycles. The summed E-state index contributed by atoms with van der Waals surface area (Å²) in [6, 6.07) is 13.8. The number of hydrogen-bond acceptors (Lipinski definition) is 4. The fourth-order valence-electron chi connectivity index (χ4n) is 2.93. The number of halogens is 2. The van der Waals surface area contributed by atoms with Gasteiger partial charge in [-0.3, -0.25) is 9.97 Å². The Kier molecular flexibility index (Phi) is 5.12. The zero-order valence-corrected chi connectivity index (χ0v) is 18.2. The largest absolute Gasteiger partial charge is 2.00 e. The van der Waals surface area contributed by atoms with Gasteiger partial charge >= 0.3 is 21.1 Å². The minimum Gasteiger partial charge on any atom is -0.441 e. The van der Waals surface area contributed by atoms with Crippen molar-refractivity contribution >= 4 is 0 Å². The summed E-state index contributed by atoms with van der Waals surface area (Å²) in [5.74, 6) is -1.74. The van der Waals surface area contributed by atoms with Crippen LogP contribution in [-0.4, -0.2) is 19.9 Å². The molecule has 4 rings (SSSR count). The maximum atomic E-state index is 14.1. The Labute approximate surface area is 191 Å². The molecule has 0 fully saturated rings. The van der Waals surface area contributed by atoms with Crippen molar-refractivity contribution < 1.29 is 34.0 Å². The molecule has 0 N–H and O–H groups in total. The summed E-state index contributed by atoms with van der Waals surface area (Å²) in [4.78, 5) is 20.5. The number of nitrogens with zero attached hydrogens (tertiary/aromatic N) is 5. The van der Waals surface area contributed by atoms with Crippen LogP contribution in [0.2, 0.25) is 0 Å². The van der Waals surface area contributed by atoms with Crippen molar-refractivity contribution in [3.05, 3.63) is 83.7 Å². The zero-order valence-electron chi connectivity index (χ0n) is 18.9. The molecule has 8 heteroatoms. The first-order valence-electron chi connectivity index (χ1n) is 10.3. The third-order valence-corrected chi connectivity index (χ3v) is 4.55. The van der Waals surface area contributed by atoms with Gasteiger partial charge in [0, 0.05) is 15.2 Å². The van der Waals surface area contributed by atoms with Crippen LogP contribution in [0.15, 0.2) is 48.7 Å². The van der Waals surface area contributed by atoms with Crippen LogP contribution in [0.1, 0.15) is 35.0 Å². The Balaban J connectivity index is 0.00000306. The van der Waals surface area contributed by atoms with E-state index in [2.05, 4.69) is 31.0 Å². The van der Waals surface area contributed by atoms with E-state index in [0.29, 0.717) is 17.1 Å². The summed E-state index contributed by atoms with van der Waals surface area (Å²) in [5.41, 5.74) is 1.05. The van der Waals surface area contributed by atoms with Gasteiger partial charge in [0.05, 0.1) is 11.4 Å². The Hall–Kier alpha value is -2.79. The van der Waals surface area contributed by atoms with Crippen molar-refractivity contribution in [3.8, 4) is 22.8 Å².